The van der Waals surface area contributed by atoms with E-state index in [1.165, 1.54) is 0 Å². The fourth-order valence-electron chi connectivity index (χ4n) is 1.47. The van der Waals surface area contributed by atoms with E-state index in [1.54, 1.807) is 19.1 Å². The highest BCUT2D eigenvalue weighted by atomic mass is 16.5. The van der Waals surface area contributed by atoms with Crippen molar-refractivity contribution < 1.29 is 14.3 Å². The van der Waals surface area contributed by atoms with Crippen LogP contribution in [0.2, 0.25) is 0 Å². The molecular formula is C14H19NO3. The third-order valence-electron chi connectivity index (χ3n) is 2.75. The number of likely N-dealkylation sites (N-methyl/N-ethyl adjacent to an activating group) is 1. The number of amides is 1. The molecule has 0 aliphatic rings. The van der Waals surface area contributed by atoms with E-state index in [4.69, 9.17) is 4.74 Å². The molecule has 0 aliphatic heterocycles. The Hall–Kier alpha value is -1.84. The van der Waals surface area contributed by atoms with Gasteiger partial charge in [0.25, 0.3) is 5.91 Å². The van der Waals surface area contributed by atoms with Gasteiger partial charge in [0.15, 0.2) is 6.10 Å². The standard InChI is InChI=1S/C14H19NO3/c1-5-15-13(16)11(4)18-14(17)12-7-6-9(2)10(3)8-12/h6-8,11H,5H2,1-4H3,(H,15,16)/t11-/m0/s1. The van der Waals surface area contributed by atoms with Gasteiger partial charge >= 0.3 is 5.97 Å². The second-order valence-corrected chi connectivity index (χ2v) is 4.24. The van der Waals surface area contributed by atoms with Crippen LogP contribution in [0.4, 0.5) is 0 Å². The molecule has 0 heterocycles. The Morgan fingerprint density at radius 3 is 2.50 bits per heavy atom. The van der Waals surface area contributed by atoms with Crippen molar-refractivity contribution in [3.63, 3.8) is 0 Å². The highest BCUT2D eigenvalue weighted by Gasteiger charge is 2.18. The predicted octanol–water partition coefficient (Wildman–Crippen LogP) is 1.98. The van der Waals surface area contributed by atoms with Crippen LogP contribution in [0.25, 0.3) is 0 Å². The number of hydrogen-bond acceptors (Lipinski definition) is 3. The molecule has 0 aliphatic carbocycles. The number of rotatable bonds is 4. The summed E-state index contributed by atoms with van der Waals surface area (Å²) in [5.74, 6) is -0.758. The van der Waals surface area contributed by atoms with Gasteiger partial charge in [-0.1, -0.05) is 6.07 Å². The summed E-state index contributed by atoms with van der Waals surface area (Å²) in [7, 11) is 0. The van der Waals surface area contributed by atoms with Crippen molar-refractivity contribution in [2.45, 2.75) is 33.8 Å². The van der Waals surface area contributed by atoms with Gasteiger partial charge in [-0.15, -0.1) is 0 Å². The maximum atomic E-state index is 11.8. The molecule has 0 saturated carbocycles. The average Bonchev–Trinajstić information content (AvgIpc) is 2.32. The number of ether oxygens (including phenoxy) is 1. The Labute approximate surface area is 107 Å². The number of carbonyl (C=O) groups excluding carboxylic acids is 2. The van der Waals surface area contributed by atoms with Crippen LogP contribution in [0, 0.1) is 13.8 Å². The molecule has 0 bridgehead atoms. The van der Waals surface area contributed by atoms with Crippen molar-refractivity contribution in [2.24, 2.45) is 0 Å². The summed E-state index contributed by atoms with van der Waals surface area (Å²) >= 11 is 0. The van der Waals surface area contributed by atoms with Crippen LogP contribution in [-0.4, -0.2) is 24.5 Å². The molecule has 18 heavy (non-hydrogen) atoms. The van der Waals surface area contributed by atoms with E-state index in [9.17, 15) is 9.59 Å². The van der Waals surface area contributed by atoms with Gasteiger partial charge in [-0.05, 0) is 51.0 Å². The van der Waals surface area contributed by atoms with Crippen molar-refractivity contribution in [2.75, 3.05) is 6.54 Å². The zero-order valence-electron chi connectivity index (χ0n) is 11.2. The normalized spacial score (nSPS) is 11.8. The van der Waals surface area contributed by atoms with Gasteiger partial charge < -0.3 is 10.1 Å². The first-order valence-corrected chi connectivity index (χ1v) is 6.01. The minimum atomic E-state index is -0.779. The first-order valence-electron chi connectivity index (χ1n) is 6.01. The number of carbonyl (C=O) groups is 2. The molecular weight excluding hydrogens is 230 g/mol. The monoisotopic (exact) mass is 249 g/mol. The molecule has 1 N–H and O–H groups in total. The molecule has 98 valence electrons. The van der Waals surface area contributed by atoms with E-state index >= 15 is 0 Å². The lowest BCUT2D eigenvalue weighted by Gasteiger charge is -2.13. The van der Waals surface area contributed by atoms with Crippen molar-refractivity contribution in [1.29, 1.82) is 0 Å². The molecule has 0 spiro atoms. The quantitative estimate of drug-likeness (QED) is 0.830. The lowest BCUT2D eigenvalue weighted by atomic mass is 10.1. The zero-order valence-corrected chi connectivity index (χ0v) is 11.2. The van der Waals surface area contributed by atoms with Gasteiger partial charge in [-0.2, -0.15) is 0 Å². The fraction of sp³-hybridized carbons (Fsp3) is 0.429. The Morgan fingerprint density at radius 2 is 1.94 bits per heavy atom. The maximum absolute atomic E-state index is 11.8. The summed E-state index contributed by atoms with van der Waals surface area (Å²) < 4.78 is 5.09. The van der Waals surface area contributed by atoms with E-state index in [-0.39, 0.29) is 5.91 Å². The van der Waals surface area contributed by atoms with Gasteiger partial charge in [0.2, 0.25) is 0 Å². The molecule has 0 saturated heterocycles. The Balaban J connectivity index is 2.70. The molecule has 0 radical (unpaired) electrons. The Bertz CT molecular complexity index is 454. The van der Waals surface area contributed by atoms with Crippen molar-refractivity contribution in [1.82, 2.24) is 5.32 Å². The zero-order chi connectivity index (χ0) is 13.7. The lowest BCUT2D eigenvalue weighted by molar-refractivity contribution is -0.128. The molecule has 1 rings (SSSR count). The number of esters is 1. The maximum Gasteiger partial charge on any atom is 0.338 e. The lowest BCUT2D eigenvalue weighted by Crippen LogP contribution is -2.35. The molecule has 1 amide bonds. The third kappa shape index (κ3) is 3.58. The largest absolute Gasteiger partial charge is 0.449 e. The van der Waals surface area contributed by atoms with Crippen LogP contribution >= 0.6 is 0 Å². The number of nitrogens with one attached hydrogen (secondary N) is 1. The Morgan fingerprint density at radius 1 is 1.28 bits per heavy atom. The molecule has 1 aromatic carbocycles. The van der Waals surface area contributed by atoms with Crippen molar-refractivity contribution in [3.8, 4) is 0 Å². The van der Waals surface area contributed by atoms with Crippen LogP contribution < -0.4 is 5.32 Å². The van der Waals surface area contributed by atoms with E-state index in [0.29, 0.717) is 12.1 Å². The highest BCUT2D eigenvalue weighted by Crippen LogP contribution is 2.11. The van der Waals surface area contributed by atoms with Gasteiger partial charge in [0.05, 0.1) is 5.56 Å². The molecule has 0 aromatic heterocycles. The van der Waals surface area contributed by atoms with Gasteiger partial charge in [0.1, 0.15) is 0 Å². The molecule has 4 heteroatoms. The summed E-state index contributed by atoms with van der Waals surface area (Å²) in [6.07, 6.45) is -0.779. The van der Waals surface area contributed by atoms with Crippen LogP contribution in [0.5, 0.6) is 0 Å². The average molecular weight is 249 g/mol. The van der Waals surface area contributed by atoms with E-state index in [2.05, 4.69) is 5.32 Å². The number of benzene rings is 1. The minimum Gasteiger partial charge on any atom is -0.449 e. The Kier molecular flexibility index (Phi) is 4.89. The summed E-state index contributed by atoms with van der Waals surface area (Å²) in [5, 5.41) is 2.61. The topological polar surface area (TPSA) is 55.4 Å². The van der Waals surface area contributed by atoms with Crippen molar-refractivity contribution >= 4 is 11.9 Å². The predicted molar refractivity (Wildman–Crippen MR) is 69.5 cm³/mol. The van der Waals surface area contributed by atoms with E-state index < -0.39 is 12.1 Å². The first kappa shape index (κ1) is 14.2. The highest BCUT2D eigenvalue weighted by molar-refractivity contribution is 5.92. The summed E-state index contributed by atoms with van der Waals surface area (Å²) in [5.41, 5.74) is 2.60. The van der Waals surface area contributed by atoms with Crippen LogP contribution in [0.3, 0.4) is 0 Å². The SMILES string of the molecule is CCNC(=O)[C@H](C)OC(=O)c1ccc(C)c(C)c1. The van der Waals surface area contributed by atoms with Crippen molar-refractivity contribution in [3.05, 3.63) is 34.9 Å². The minimum absolute atomic E-state index is 0.283. The van der Waals surface area contributed by atoms with Crippen LogP contribution in [0.15, 0.2) is 18.2 Å². The second-order valence-electron chi connectivity index (χ2n) is 4.24. The van der Waals surface area contributed by atoms with Gasteiger partial charge in [0, 0.05) is 6.54 Å². The van der Waals surface area contributed by atoms with Gasteiger partial charge in [-0.25, -0.2) is 4.79 Å². The molecule has 1 aromatic rings. The summed E-state index contributed by atoms with van der Waals surface area (Å²) in [6.45, 7) is 7.80. The fourth-order valence-corrected chi connectivity index (χ4v) is 1.47. The van der Waals surface area contributed by atoms with E-state index in [1.807, 2.05) is 26.8 Å². The number of hydrogen-bond donors (Lipinski definition) is 1. The molecule has 0 fully saturated rings. The first-order chi connectivity index (χ1) is 8.45. The summed E-state index contributed by atoms with van der Waals surface area (Å²) in [6, 6.07) is 5.33. The van der Waals surface area contributed by atoms with E-state index in [0.717, 1.165) is 11.1 Å². The molecule has 1 atom stereocenters. The van der Waals surface area contributed by atoms with Gasteiger partial charge in [-0.3, -0.25) is 4.79 Å². The third-order valence-corrected chi connectivity index (χ3v) is 2.75. The molecule has 4 nitrogen and oxygen atoms in total. The van der Waals surface area contributed by atoms with Crippen LogP contribution in [-0.2, 0) is 9.53 Å². The van der Waals surface area contributed by atoms with Crippen LogP contribution in [0.1, 0.15) is 35.3 Å². The smallest absolute Gasteiger partial charge is 0.338 e. The summed E-state index contributed by atoms with van der Waals surface area (Å²) in [4.78, 5) is 23.3. The molecule has 0 unspecified atom stereocenters. The second kappa shape index (κ2) is 6.19. The number of aryl methyl sites for hydroxylation is 2.